The Labute approximate surface area is 124 Å². The Hall–Kier alpha value is -3.08. The van der Waals surface area contributed by atoms with Crippen LogP contribution in [0.5, 0.6) is 5.75 Å². The lowest BCUT2D eigenvalue weighted by molar-refractivity contribution is 0.0960. The van der Waals surface area contributed by atoms with Gasteiger partial charge in [-0.2, -0.15) is 0 Å². The normalized spacial score (nSPS) is 16.5. The smallest absolute Gasteiger partial charge is 0.345 e. The molecule has 0 bridgehead atoms. The zero-order chi connectivity index (χ0) is 15.3. The molecule has 2 N–H and O–H groups in total. The Bertz CT molecular complexity index is 974. The molecule has 0 saturated heterocycles. The first-order valence-electron chi connectivity index (χ1n) is 6.81. The lowest BCUT2D eigenvalue weighted by Gasteiger charge is -2.13. The van der Waals surface area contributed by atoms with Crippen LogP contribution in [0.4, 0.5) is 0 Å². The number of benzene rings is 2. The lowest BCUT2D eigenvalue weighted by Crippen LogP contribution is -2.24. The van der Waals surface area contributed by atoms with E-state index in [9.17, 15) is 14.7 Å². The van der Waals surface area contributed by atoms with Gasteiger partial charge in [-0.3, -0.25) is 4.79 Å². The number of hydrogen-bond donors (Lipinski definition) is 2. The molecular weight excluding hydrogens is 282 g/mol. The van der Waals surface area contributed by atoms with Crippen molar-refractivity contribution in [1.82, 2.24) is 5.32 Å². The molecule has 2 aromatic carbocycles. The summed E-state index contributed by atoms with van der Waals surface area (Å²) in [5, 5.41) is 13.7. The highest BCUT2D eigenvalue weighted by molar-refractivity contribution is 6.00. The van der Waals surface area contributed by atoms with E-state index in [-0.39, 0.29) is 17.2 Å². The molecule has 1 aromatic heterocycles. The van der Waals surface area contributed by atoms with E-state index in [0.717, 1.165) is 0 Å². The van der Waals surface area contributed by atoms with E-state index < -0.39 is 11.7 Å². The minimum Gasteiger partial charge on any atom is -0.507 e. The fraction of sp³-hybridized carbons (Fsp3) is 0.0588. The molecule has 3 aromatic rings. The molecule has 1 aliphatic rings. The van der Waals surface area contributed by atoms with Gasteiger partial charge in [0.05, 0.1) is 11.4 Å². The Morgan fingerprint density at radius 2 is 1.73 bits per heavy atom. The maximum Gasteiger partial charge on any atom is 0.345 e. The summed E-state index contributed by atoms with van der Waals surface area (Å²) in [5.74, 6) is -0.429. The first-order chi connectivity index (χ1) is 10.7. The first-order valence-corrected chi connectivity index (χ1v) is 6.81. The predicted molar refractivity (Wildman–Crippen MR) is 79.9 cm³/mol. The maximum atomic E-state index is 12.3. The fourth-order valence-electron chi connectivity index (χ4n) is 2.87. The molecule has 22 heavy (non-hydrogen) atoms. The van der Waals surface area contributed by atoms with Crippen molar-refractivity contribution in [2.24, 2.45) is 0 Å². The molecule has 0 spiro atoms. The summed E-state index contributed by atoms with van der Waals surface area (Å²) in [6.07, 6.45) is 0. The second-order valence-corrected chi connectivity index (χ2v) is 5.14. The van der Waals surface area contributed by atoms with E-state index >= 15 is 0 Å². The summed E-state index contributed by atoms with van der Waals surface area (Å²) in [4.78, 5) is 24.3. The number of carbonyl (C=O) groups is 1. The molecule has 0 aliphatic carbocycles. The molecule has 0 radical (unpaired) electrons. The van der Waals surface area contributed by atoms with Crippen molar-refractivity contribution in [3.8, 4) is 5.75 Å². The van der Waals surface area contributed by atoms with Gasteiger partial charge in [0.25, 0.3) is 5.91 Å². The van der Waals surface area contributed by atoms with E-state index in [0.29, 0.717) is 22.1 Å². The average molecular weight is 293 g/mol. The molecule has 0 saturated carbocycles. The zero-order valence-electron chi connectivity index (χ0n) is 11.4. The first kappa shape index (κ1) is 12.6. The molecule has 2 heterocycles. The van der Waals surface area contributed by atoms with Crippen molar-refractivity contribution >= 4 is 16.9 Å². The van der Waals surface area contributed by atoms with Crippen molar-refractivity contribution < 1.29 is 14.3 Å². The van der Waals surface area contributed by atoms with E-state index in [1.807, 2.05) is 0 Å². The van der Waals surface area contributed by atoms with E-state index in [1.54, 1.807) is 48.5 Å². The van der Waals surface area contributed by atoms with Crippen molar-refractivity contribution in [3.63, 3.8) is 0 Å². The van der Waals surface area contributed by atoms with Crippen molar-refractivity contribution in [2.75, 3.05) is 0 Å². The largest absolute Gasteiger partial charge is 0.507 e. The Kier molecular flexibility index (Phi) is 2.56. The molecule has 5 nitrogen and oxygen atoms in total. The zero-order valence-corrected chi connectivity index (χ0v) is 11.4. The minimum atomic E-state index is -0.704. The van der Waals surface area contributed by atoms with Gasteiger partial charge in [-0.1, -0.05) is 30.3 Å². The Morgan fingerprint density at radius 3 is 2.59 bits per heavy atom. The third-order valence-electron chi connectivity index (χ3n) is 3.90. The molecule has 108 valence electrons. The van der Waals surface area contributed by atoms with Crippen LogP contribution in [0.1, 0.15) is 27.5 Å². The van der Waals surface area contributed by atoms with Crippen LogP contribution in [0, 0.1) is 0 Å². The van der Waals surface area contributed by atoms with Crippen LogP contribution >= 0.6 is 0 Å². The van der Waals surface area contributed by atoms with Crippen LogP contribution in [-0.2, 0) is 0 Å². The summed E-state index contributed by atoms with van der Waals surface area (Å²) in [5.41, 5.74) is 0.867. The Morgan fingerprint density at radius 1 is 1.00 bits per heavy atom. The monoisotopic (exact) mass is 293 g/mol. The predicted octanol–water partition coefficient (Wildman–Crippen LogP) is 2.33. The molecule has 1 amide bonds. The van der Waals surface area contributed by atoms with Crippen LogP contribution < -0.4 is 10.9 Å². The van der Waals surface area contributed by atoms with Gasteiger partial charge in [0.15, 0.2) is 0 Å². The quantitative estimate of drug-likeness (QED) is 0.675. The summed E-state index contributed by atoms with van der Waals surface area (Å²) >= 11 is 0. The molecule has 0 fully saturated rings. The topological polar surface area (TPSA) is 79.5 Å². The van der Waals surface area contributed by atoms with Crippen molar-refractivity contribution in [2.45, 2.75) is 6.04 Å². The van der Waals surface area contributed by atoms with Gasteiger partial charge in [0, 0.05) is 5.56 Å². The maximum absolute atomic E-state index is 12.3. The highest BCUT2D eigenvalue weighted by Crippen LogP contribution is 2.36. The molecule has 1 atom stereocenters. The Balaban J connectivity index is 2.00. The number of para-hydroxylation sites is 1. The van der Waals surface area contributed by atoms with Gasteiger partial charge in [0.1, 0.15) is 16.9 Å². The average Bonchev–Trinajstić information content (AvgIpc) is 2.85. The second kappa shape index (κ2) is 4.46. The summed E-state index contributed by atoms with van der Waals surface area (Å²) in [7, 11) is 0. The number of hydrogen-bond acceptors (Lipinski definition) is 4. The number of aromatic hydroxyl groups is 1. The second-order valence-electron chi connectivity index (χ2n) is 5.14. The highest BCUT2D eigenvalue weighted by atomic mass is 16.4. The summed E-state index contributed by atoms with van der Waals surface area (Å²) in [6, 6.07) is 13.0. The van der Waals surface area contributed by atoms with Gasteiger partial charge in [-0.05, 0) is 23.8 Å². The SMILES string of the molecule is O=C1NC(c2c(O)c3ccccc3oc2=O)c2ccccc21. The molecular formula is C17H11NO4. The third-order valence-corrected chi connectivity index (χ3v) is 3.90. The summed E-state index contributed by atoms with van der Waals surface area (Å²) < 4.78 is 5.27. The van der Waals surface area contributed by atoms with E-state index in [1.165, 1.54) is 0 Å². The van der Waals surface area contributed by atoms with Gasteiger partial charge >= 0.3 is 5.63 Å². The van der Waals surface area contributed by atoms with Crippen molar-refractivity contribution in [3.05, 3.63) is 75.6 Å². The minimum absolute atomic E-state index is 0.0528. The van der Waals surface area contributed by atoms with Crippen LogP contribution in [0.15, 0.2) is 57.7 Å². The lowest BCUT2D eigenvalue weighted by atomic mass is 9.98. The van der Waals surface area contributed by atoms with Crippen molar-refractivity contribution in [1.29, 1.82) is 0 Å². The fourth-order valence-corrected chi connectivity index (χ4v) is 2.87. The summed E-state index contributed by atoms with van der Waals surface area (Å²) in [6.45, 7) is 0. The molecule has 5 heteroatoms. The van der Waals surface area contributed by atoms with Gasteiger partial charge in [0.2, 0.25) is 0 Å². The highest BCUT2D eigenvalue weighted by Gasteiger charge is 2.34. The number of amides is 1. The third kappa shape index (κ3) is 1.65. The number of carbonyl (C=O) groups excluding carboxylic acids is 1. The van der Waals surface area contributed by atoms with Gasteiger partial charge in [-0.25, -0.2) is 4.79 Å². The van der Waals surface area contributed by atoms with E-state index in [2.05, 4.69) is 5.32 Å². The molecule has 1 aliphatic heterocycles. The van der Waals surface area contributed by atoms with Crippen LogP contribution in [0.25, 0.3) is 11.0 Å². The number of nitrogens with one attached hydrogen (secondary N) is 1. The van der Waals surface area contributed by atoms with Crippen LogP contribution in [-0.4, -0.2) is 11.0 Å². The van der Waals surface area contributed by atoms with Gasteiger partial charge < -0.3 is 14.8 Å². The standard InChI is InChI=1S/C17H11NO4/c19-15-11-7-3-4-8-12(11)22-17(21)13(15)14-9-5-1-2-6-10(9)16(20)18-14/h1-8,14,19H,(H,18,20). The number of rotatable bonds is 1. The van der Waals surface area contributed by atoms with E-state index in [4.69, 9.17) is 4.42 Å². The van der Waals surface area contributed by atoms with Crippen LogP contribution in [0.3, 0.4) is 0 Å². The van der Waals surface area contributed by atoms with Crippen LogP contribution in [0.2, 0.25) is 0 Å². The number of fused-ring (bicyclic) bond motifs is 2. The molecule has 1 unspecified atom stereocenters. The van der Waals surface area contributed by atoms with Gasteiger partial charge in [-0.15, -0.1) is 0 Å². The molecule has 4 rings (SSSR count).